The fourth-order valence-corrected chi connectivity index (χ4v) is 2.46. The number of fused-ring (bicyclic) bond motifs is 1. The summed E-state index contributed by atoms with van der Waals surface area (Å²) in [5.74, 6) is -0.463. The molecule has 0 saturated heterocycles. The first-order chi connectivity index (χ1) is 9.68. The third-order valence-corrected chi connectivity index (χ3v) is 3.47. The largest absolute Gasteiger partial charge is 0.490 e. The van der Waals surface area contributed by atoms with Crippen LogP contribution in [0.3, 0.4) is 0 Å². The molecule has 0 saturated carbocycles. The van der Waals surface area contributed by atoms with Crippen LogP contribution in [0.1, 0.15) is 10.4 Å². The number of para-hydroxylation sites is 2. The van der Waals surface area contributed by atoms with E-state index in [1.807, 2.05) is 6.07 Å². The van der Waals surface area contributed by atoms with Crippen LogP contribution in [0.15, 0.2) is 42.5 Å². The van der Waals surface area contributed by atoms with E-state index >= 15 is 0 Å². The Morgan fingerprint density at radius 1 is 1.20 bits per heavy atom. The van der Waals surface area contributed by atoms with Gasteiger partial charge >= 0.3 is 0 Å². The number of amides is 1. The summed E-state index contributed by atoms with van der Waals surface area (Å²) in [5, 5.41) is 0.110. The van der Waals surface area contributed by atoms with Gasteiger partial charge in [-0.3, -0.25) is 4.79 Å². The molecule has 0 radical (unpaired) electrons. The second-order valence-corrected chi connectivity index (χ2v) is 4.78. The highest BCUT2D eigenvalue weighted by Gasteiger charge is 2.27. The second kappa shape index (κ2) is 5.13. The smallest absolute Gasteiger partial charge is 0.263 e. The molecule has 2 aromatic carbocycles. The zero-order valence-electron chi connectivity index (χ0n) is 10.5. The topological polar surface area (TPSA) is 29.5 Å². The average Bonchev–Trinajstić information content (AvgIpc) is 2.46. The molecule has 0 unspecified atom stereocenters. The number of nitrogens with zero attached hydrogens (tertiary/aromatic N) is 1. The van der Waals surface area contributed by atoms with Crippen LogP contribution in [0.4, 0.5) is 10.1 Å². The molecule has 0 spiro atoms. The molecule has 1 aliphatic rings. The van der Waals surface area contributed by atoms with Crippen molar-refractivity contribution < 1.29 is 13.9 Å². The summed E-state index contributed by atoms with van der Waals surface area (Å²) in [5.41, 5.74) is 0.522. The minimum atomic E-state index is -0.619. The van der Waals surface area contributed by atoms with Gasteiger partial charge in [0, 0.05) is 0 Å². The molecule has 0 bridgehead atoms. The fraction of sp³-hybridized carbons (Fsp3) is 0.133. The molecule has 1 amide bonds. The maximum Gasteiger partial charge on any atom is 0.263 e. The highest BCUT2D eigenvalue weighted by molar-refractivity contribution is 6.34. The monoisotopic (exact) mass is 291 g/mol. The Balaban J connectivity index is 2.05. The molecule has 5 heteroatoms. The molecular weight excluding hydrogens is 281 g/mol. The fourth-order valence-electron chi connectivity index (χ4n) is 2.22. The molecule has 0 fully saturated rings. The van der Waals surface area contributed by atoms with E-state index in [9.17, 15) is 9.18 Å². The van der Waals surface area contributed by atoms with Gasteiger partial charge in [0.15, 0.2) is 0 Å². The molecule has 2 aromatic rings. The maximum absolute atomic E-state index is 13.9. The lowest BCUT2D eigenvalue weighted by Gasteiger charge is -2.29. The highest BCUT2D eigenvalue weighted by Crippen LogP contribution is 2.33. The number of rotatable bonds is 1. The minimum absolute atomic E-state index is 0.106. The lowest BCUT2D eigenvalue weighted by Crippen LogP contribution is -2.38. The van der Waals surface area contributed by atoms with Gasteiger partial charge in [0.05, 0.1) is 22.8 Å². The summed E-state index contributed by atoms with van der Waals surface area (Å²) >= 11 is 5.95. The van der Waals surface area contributed by atoms with E-state index in [2.05, 4.69) is 0 Å². The van der Waals surface area contributed by atoms with Crippen LogP contribution in [0.5, 0.6) is 5.75 Å². The number of hydrogen-bond acceptors (Lipinski definition) is 2. The van der Waals surface area contributed by atoms with Crippen molar-refractivity contribution in [2.24, 2.45) is 0 Å². The first-order valence-corrected chi connectivity index (χ1v) is 6.54. The number of benzene rings is 2. The van der Waals surface area contributed by atoms with Gasteiger partial charge in [-0.1, -0.05) is 29.8 Å². The Labute approximate surface area is 120 Å². The number of anilines is 1. The van der Waals surface area contributed by atoms with Crippen LogP contribution in [-0.2, 0) is 0 Å². The van der Waals surface area contributed by atoms with Gasteiger partial charge in [-0.05, 0) is 24.3 Å². The molecule has 1 heterocycles. The molecule has 3 rings (SSSR count). The van der Waals surface area contributed by atoms with Gasteiger partial charge in [-0.2, -0.15) is 0 Å². The van der Waals surface area contributed by atoms with Crippen molar-refractivity contribution >= 4 is 23.2 Å². The summed E-state index contributed by atoms with van der Waals surface area (Å²) in [7, 11) is 0. The third-order valence-electron chi connectivity index (χ3n) is 3.15. The van der Waals surface area contributed by atoms with Gasteiger partial charge < -0.3 is 9.64 Å². The zero-order valence-corrected chi connectivity index (χ0v) is 11.2. The predicted octanol–water partition coefficient (Wildman–Crippen LogP) is 3.52. The van der Waals surface area contributed by atoms with Crippen LogP contribution < -0.4 is 9.64 Å². The molecule has 1 aliphatic heterocycles. The van der Waals surface area contributed by atoms with Gasteiger partial charge in [0.2, 0.25) is 0 Å². The maximum atomic E-state index is 13.9. The van der Waals surface area contributed by atoms with Crippen LogP contribution in [-0.4, -0.2) is 19.1 Å². The van der Waals surface area contributed by atoms with Gasteiger partial charge in [-0.15, -0.1) is 0 Å². The van der Waals surface area contributed by atoms with E-state index in [1.54, 1.807) is 18.2 Å². The molecule has 0 atom stereocenters. The molecule has 0 aliphatic carbocycles. The Bertz CT molecular complexity index is 654. The Hall–Kier alpha value is -2.07. The summed E-state index contributed by atoms with van der Waals surface area (Å²) < 4.78 is 19.3. The van der Waals surface area contributed by atoms with E-state index < -0.39 is 11.7 Å². The van der Waals surface area contributed by atoms with Crippen molar-refractivity contribution in [1.29, 1.82) is 0 Å². The van der Waals surface area contributed by atoms with Crippen molar-refractivity contribution in [3.63, 3.8) is 0 Å². The molecular formula is C15H11ClFNO2. The van der Waals surface area contributed by atoms with Crippen molar-refractivity contribution in [3.05, 3.63) is 58.9 Å². The van der Waals surface area contributed by atoms with Crippen molar-refractivity contribution in [2.45, 2.75) is 0 Å². The third kappa shape index (κ3) is 2.12. The van der Waals surface area contributed by atoms with Crippen LogP contribution >= 0.6 is 11.6 Å². The Kier molecular flexibility index (Phi) is 3.32. The van der Waals surface area contributed by atoms with Crippen LogP contribution in [0, 0.1) is 5.82 Å². The number of carbonyl (C=O) groups excluding carboxylic acids is 1. The van der Waals surface area contributed by atoms with Gasteiger partial charge in [0.1, 0.15) is 18.2 Å². The van der Waals surface area contributed by atoms with E-state index in [4.69, 9.17) is 16.3 Å². The first-order valence-electron chi connectivity index (χ1n) is 6.16. The standard InChI is InChI=1S/C15H11ClFNO2/c16-10-4-3-5-11(17)14(10)15(19)18-8-9-20-13-7-2-1-6-12(13)18/h1-7H,8-9H2. The van der Waals surface area contributed by atoms with E-state index in [0.717, 1.165) is 0 Å². The highest BCUT2D eigenvalue weighted by atomic mass is 35.5. The van der Waals surface area contributed by atoms with Crippen LogP contribution in [0.25, 0.3) is 0 Å². The first kappa shape index (κ1) is 12.9. The number of halogens is 2. The summed E-state index contributed by atoms with van der Waals surface area (Å²) in [6.07, 6.45) is 0. The van der Waals surface area contributed by atoms with E-state index in [0.29, 0.717) is 24.6 Å². The molecule has 20 heavy (non-hydrogen) atoms. The number of ether oxygens (including phenoxy) is 1. The van der Waals surface area contributed by atoms with Crippen molar-refractivity contribution in [3.8, 4) is 5.75 Å². The number of hydrogen-bond donors (Lipinski definition) is 0. The van der Waals surface area contributed by atoms with E-state index in [-0.39, 0.29) is 10.6 Å². The Morgan fingerprint density at radius 3 is 2.80 bits per heavy atom. The Morgan fingerprint density at radius 2 is 2.00 bits per heavy atom. The molecule has 102 valence electrons. The van der Waals surface area contributed by atoms with Crippen molar-refractivity contribution in [1.82, 2.24) is 0 Å². The van der Waals surface area contributed by atoms with Gasteiger partial charge in [-0.25, -0.2) is 4.39 Å². The normalized spacial score (nSPS) is 13.6. The SMILES string of the molecule is O=C(c1c(F)cccc1Cl)N1CCOc2ccccc21. The van der Waals surface area contributed by atoms with E-state index in [1.165, 1.54) is 23.1 Å². The van der Waals surface area contributed by atoms with Gasteiger partial charge in [0.25, 0.3) is 5.91 Å². The lowest BCUT2D eigenvalue weighted by atomic mass is 10.1. The summed E-state index contributed by atoms with van der Waals surface area (Å²) in [6.45, 7) is 0.731. The summed E-state index contributed by atoms with van der Waals surface area (Å²) in [4.78, 5) is 14.0. The number of carbonyl (C=O) groups is 1. The second-order valence-electron chi connectivity index (χ2n) is 4.37. The summed E-state index contributed by atoms with van der Waals surface area (Å²) in [6, 6.07) is 11.4. The minimum Gasteiger partial charge on any atom is -0.490 e. The molecule has 0 aromatic heterocycles. The predicted molar refractivity (Wildman–Crippen MR) is 75.0 cm³/mol. The van der Waals surface area contributed by atoms with Crippen LogP contribution in [0.2, 0.25) is 5.02 Å². The molecule has 3 nitrogen and oxygen atoms in total. The quantitative estimate of drug-likeness (QED) is 0.804. The molecule has 0 N–H and O–H groups in total. The van der Waals surface area contributed by atoms with Crippen molar-refractivity contribution in [2.75, 3.05) is 18.1 Å². The zero-order chi connectivity index (χ0) is 14.1. The lowest BCUT2D eigenvalue weighted by molar-refractivity contribution is 0.0973. The average molecular weight is 292 g/mol.